The van der Waals surface area contributed by atoms with E-state index in [0.29, 0.717) is 17.3 Å². The third-order valence-electron chi connectivity index (χ3n) is 6.12. The molecule has 178 valence electrons. The summed E-state index contributed by atoms with van der Waals surface area (Å²) in [4.78, 5) is 33.6. The Hall–Kier alpha value is -3.68. The molecule has 0 aliphatic rings. The number of hydrogen-bond acceptors (Lipinski definition) is 4. The molecule has 2 heterocycles. The Morgan fingerprint density at radius 3 is 2.15 bits per heavy atom. The predicted octanol–water partition coefficient (Wildman–Crippen LogP) is 4.61. The van der Waals surface area contributed by atoms with Gasteiger partial charge in [-0.05, 0) is 73.2 Å². The number of aryl methyl sites for hydroxylation is 2. The van der Waals surface area contributed by atoms with Gasteiger partial charge in [0.1, 0.15) is 17.4 Å². The summed E-state index contributed by atoms with van der Waals surface area (Å²) in [6, 6.07) is 9.26. The Bertz CT molecular complexity index is 1420. The first kappa shape index (κ1) is 23.5. The van der Waals surface area contributed by atoms with Crippen molar-refractivity contribution < 1.29 is 9.50 Å². The maximum atomic E-state index is 13.5. The zero-order valence-corrected chi connectivity index (χ0v) is 19.7. The van der Waals surface area contributed by atoms with Gasteiger partial charge in [0, 0.05) is 12.6 Å². The molecule has 0 saturated heterocycles. The summed E-state index contributed by atoms with van der Waals surface area (Å²) in [5.41, 5.74) is 2.12. The van der Waals surface area contributed by atoms with Crippen LogP contribution in [0.3, 0.4) is 0 Å². The van der Waals surface area contributed by atoms with Gasteiger partial charge in [0.2, 0.25) is 0 Å². The molecule has 2 aromatic heterocycles. The number of halogens is 1. The number of rotatable bonds is 8. The molecule has 2 aromatic carbocycles. The van der Waals surface area contributed by atoms with Crippen LogP contribution >= 0.6 is 0 Å². The van der Waals surface area contributed by atoms with E-state index < -0.39 is 17.1 Å². The average Bonchev–Trinajstić information content (AvgIpc) is 3.27. The predicted molar refractivity (Wildman–Crippen MR) is 131 cm³/mol. The number of fused-ring (bicyclic) bond motifs is 1. The van der Waals surface area contributed by atoms with Gasteiger partial charge >= 0.3 is 5.69 Å². The number of aromatic hydroxyl groups is 1. The molecule has 4 rings (SSSR count). The van der Waals surface area contributed by atoms with Crippen LogP contribution in [0.25, 0.3) is 28.2 Å². The van der Waals surface area contributed by atoms with Gasteiger partial charge in [0.15, 0.2) is 11.2 Å². The summed E-state index contributed by atoms with van der Waals surface area (Å²) in [7, 11) is 1.39. The number of unbranched alkanes of at least 4 members (excludes halogenated alkanes) is 2. The molecule has 34 heavy (non-hydrogen) atoms. The topological polar surface area (TPSA) is 92.9 Å². The fourth-order valence-electron chi connectivity index (χ4n) is 4.15. The highest BCUT2D eigenvalue weighted by atomic mass is 19.1. The number of H-pyrrole nitrogens is 1. The van der Waals surface area contributed by atoms with Crippen molar-refractivity contribution >= 4 is 11.2 Å². The Morgan fingerprint density at radius 1 is 1.00 bits per heavy atom. The first-order valence-corrected chi connectivity index (χ1v) is 11.7. The van der Waals surface area contributed by atoms with E-state index in [1.54, 1.807) is 0 Å². The molecule has 0 amide bonds. The van der Waals surface area contributed by atoms with E-state index in [0.717, 1.165) is 59.8 Å². The lowest BCUT2D eigenvalue weighted by Crippen LogP contribution is -2.37. The van der Waals surface area contributed by atoms with Crippen molar-refractivity contribution in [2.45, 2.75) is 52.4 Å². The number of phenols is 1. The second-order valence-corrected chi connectivity index (χ2v) is 8.59. The molecule has 0 aliphatic heterocycles. The van der Waals surface area contributed by atoms with Gasteiger partial charge in [0.05, 0.1) is 5.69 Å². The van der Waals surface area contributed by atoms with Crippen molar-refractivity contribution in [3.63, 3.8) is 0 Å². The maximum absolute atomic E-state index is 13.5. The fraction of sp³-hybridized carbons (Fsp3) is 0.346. The van der Waals surface area contributed by atoms with Crippen molar-refractivity contribution in [2.75, 3.05) is 0 Å². The minimum Gasteiger partial charge on any atom is -0.507 e. The molecule has 4 aromatic rings. The van der Waals surface area contributed by atoms with Crippen molar-refractivity contribution in [3.8, 4) is 22.8 Å². The molecule has 7 nitrogen and oxygen atoms in total. The minimum atomic E-state index is -0.558. The quantitative estimate of drug-likeness (QED) is 0.398. The monoisotopic (exact) mass is 464 g/mol. The van der Waals surface area contributed by atoms with Gasteiger partial charge in [-0.25, -0.2) is 18.7 Å². The molecular formula is C26H29FN4O3. The average molecular weight is 465 g/mol. The standard InChI is InChI=1S/C26H29FN4O3/c1-4-6-8-16-14-18(15-17(22(16)32)9-7-5-2)23-28-21-24(29-23)31(26(34)30(3)25(21)33)20-12-10-19(27)11-13-20/h10-15,32H,4-9H2,1-3H3,(H,28,29). The molecule has 0 saturated carbocycles. The van der Waals surface area contributed by atoms with E-state index in [2.05, 4.69) is 23.8 Å². The molecule has 0 spiro atoms. The van der Waals surface area contributed by atoms with Gasteiger partial charge in [-0.15, -0.1) is 0 Å². The van der Waals surface area contributed by atoms with Gasteiger partial charge < -0.3 is 10.1 Å². The summed E-state index contributed by atoms with van der Waals surface area (Å²) in [5, 5.41) is 10.8. The third kappa shape index (κ3) is 4.27. The molecule has 0 unspecified atom stereocenters. The molecule has 0 bridgehead atoms. The number of benzene rings is 2. The summed E-state index contributed by atoms with van der Waals surface area (Å²) >= 11 is 0. The maximum Gasteiger partial charge on any atom is 0.337 e. The normalized spacial score (nSPS) is 11.4. The van der Waals surface area contributed by atoms with E-state index in [9.17, 15) is 19.1 Å². The summed E-state index contributed by atoms with van der Waals surface area (Å²) < 4.78 is 15.8. The van der Waals surface area contributed by atoms with Gasteiger partial charge in [-0.3, -0.25) is 9.36 Å². The van der Waals surface area contributed by atoms with Crippen LogP contribution in [-0.2, 0) is 19.9 Å². The molecular weight excluding hydrogens is 435 g/mol. The highest BCUT2D eigenvalue weighted by molar-refractivity contribution is 5.77. The van der Waals surface area contributed by atoms with Crippen molar-refractivity contribution in [1.29, 1.82) is 0 Å². The zero-order chi connectivity index (χ0) is 24.4. The van der Waals surface area contributed by atoms with Gasteiger partial charge in [-0.2, -0.15) is 0 Å². The van der Waals surface area contributed by atoms with E-state index in [1.165, 1.54) is 35.9 Å². The lowest BCUT2D eigenvalue weighted by molar-refractivity contribution is 0.458. The van der Waals surface area contributed by atoms with E-state index in [1.807, 2.05) is 12.1 Å². The van der Waals surface area contributed by atoms with E-state index in [-0.39, 0.29) is 11.2 Å². The van der Waals surface area contributed by atoms with Crippen LogP contribution in [0, 0.1) is 5.82 Å². The largest absolute Gasteiger partial charge is 0.507 e. The fourth-order valence-corrected chi connectivity index (χ4v) is 4.15. The first-order valence-electron chi connectivity index (χ1n) is 11.7. The smallest absolute Gasteiger partial charge is 0.337 e. The molecule has 0 atom stereocenters. The number of aromatic amines is 1. The summed E-state index contributed by atoms with van der Waals surface area (Å²) in [6.45, 7) is 4.20. The molecule has 0 radical (unpaired) electrons. The molecule has 0 fully saturated rings. The Morgan fingerprint density at radius 2 is 1.59 bits per heavy atom. The number of nitrogens with one attached hydrogen (secondary N) is 1. The van der Waals surface area contributed by atoms with Crippen molar-refractivity contribution in [3.05, 3.63) is 74.2 Å². The van der Waals surface area contributed by atoms with Gasteiger partial charge in [-0.1, -0.05) is 26.7 Å². The lowest BCUT2D eigenvalue weighted by Gasteiger charge is -2.12. The van der Waals surface area contributed by atoms with Crippen LogP contribution in [0.5, 0.6) is 5.75 Å². The molecule has 2 N–H and O–H groups in total. The van der Waals surface area contributed by atoms with Crippen LogP contribution in [-0.4, -0.2) is 24.2 Å². The number of nitrogens with zero attached hydrogens (tertiary/aromatic N) is 3. The molecule has 8 heteroatoms. The second kappa shape index (κ2) is 9.67. The number of phenolic OH excluding ortho intramolecular Hbond substituents is 1. The van der Waals surface area contributed by atoms with Crippen LogP contribution in [0.1, 0.15) is 50.7 Å². The number of aromatic nitrogens is 4. The van der Waals surface area contributed by atoms with Crippen molar-refractivity contribution in [2.24, 2.45) is 7.05 Å². The van der Waals surface area contributed by atoms with Crippen LogP contribution in [0.4, 0.5) is 4.39 Å². The summed E-state index contributed by atoms with van der Waals surface area (Å²) in [6.07, 6.45) is 5.34. The van der Waals surface area contributed by atoms with Crippen LogP contribution in [0.15, 0.2) is 46.0 Å². The SMILES string of the molecule is CCCCc1cc(-c2nc3c(=O)n(C)c(=O)n(-c4ccc(F)cc4)c3[nH]2)cc(CCCC)c1O. The third-order valence-corrected chi connectivity index (χ3v) is 6.12. The molecule has 0 aliphatic carbocycles. The van der Waals surface area contributed by atoms with Crippen LogP contribution < -0.4 is 11.2 Å². The second-order valence-electron chi connectivity index (χ2n) is 8.59. The number of imidazole rings is 1. The minimum absolute atomic E-state index is 0.111. The highest BCUT2D eigenvalue weighted by Gasteiger charge is 2.19. The van der Waals surface area contributed by atoms with Crippen molar-refractivity contribution in [1.82, 2.24) is 19.1 Å². The van der Waals surface area contributed by atoms with Crippen LogP contribution in [0.2, 0.25) is 0 Å². The first-order chi connectivity index (χ1) is 16.3. The number of hydrogen-bond donors (Lipinski definition) is 2. The van der Waals surface area contributed by atoms with E-state index >= 15 is 0 Å². The Balaban J connectivity index is 1.95. The summed E-state index contributed by atoms with van der Waals surface area (Å²) in [5.74, 6) is 0.330. The lowest BCUT2D eigenvalue weighted by atomic mass is 9.97. The van der Waals surface area contributed by atoms with E-state index in [4.69, 9.17) is 0 Å². The zero-order valence-electron chi connectivity index (χ0n) is 19.7. The highest BCUT2D eigenvalue weighted by Crippen LogP contribution is 2.32. The van der Waals surface area contributed by atoms with Gasteiger partial charge in [0.25, 0.3) is 5.56 Å². The Labute approximate surface area is 196 Å². The Kier molecular flexibility index (Phi) is 6.68.